The first-order valence-corrected chi connectivity index (χ1v) is 5.88. The number of carboxylic acid groups (broad SMARTS) is 1. The van der Waals surface area contributed by atoms with Gasteiger partial charge in [-0.3, -0.25) is 0 Å². The van der Waals surface area contributed by atoms with Crippen LogP contribution in [-0.4, -0.2) is 34.4 Å². The lowest BCUT2D eigenvalue weighted by Gasteiger charge is -2.17. The zero-order valence-corrected chi connectivity index (χ0v) is 10.8. The van der Waals surface area contributed by atoms with Gasteiger partial charge in [0.15, 0.2) is 6.04 Å². The number of hydrogen-bond donors (Lipinski definition) is 4. The fourth-order valence-electron chi connectivity index (χ4n) is 1.49. The standard InChI is InChI=1S/C13H15N3O4/c1-8(17)11(12(18)19)16-13(20)15-10-4-2-9(3-5-10)6-7-14/h2-5,8,11,17H,6H2,1H3,(H,18,19)(H2,15,16,20)/t8-,11+/m1/s1. The summed E-state index contributed by atoms with van der Waals surface area (Å²) in [5.74, 6) is -1.32. The van der Waals surface area contributed by atoms with Gasteiger partial charge in [0.25, 0.3) is 0 Å². The fraction of sp³-hybridized carbons (Fsp3) is 0.308. The number of carboxylic acids is 1. The first kappa shape index (κ1) is 15.5. The average Bonchev–Trinajstić information content (AvgIpc) is 2.38. The molecule has 0 bridgehead atoms. The highest BCUT2D eigenvalue weighted by molar-refractivity contribution is 5.92. The Bertz CT molecular complexity index is 519. The molecule has 0 spiro atoms. The Morgan fingerprint density at radius 3 is 2.40 bits per heavy atom. The summed E-state index contributed by atoms with van der Waals surface area (Å²) in [6.07, 6.45) is -0.938. The van der Waals surface area contributed by atoms with Gasteiger partial charge in [-0.1, -0.05) is 12.1 Å². The number of aliphatic hydroxyl groups excluding tert-OH is 1. The zero-order valence-electron chi connectivity index (χ0n) is 10.8. The van der Waals surface area contributed by atoms with Crippen LogP contribution in [-0.2, 0) is 11.2 Å². The number of hydrogen-bond acceptors (Lipinski definition) is 4. The van der Waals surface area contributed by atoms with Crippen LogP contribution in [0.5, 0.6) is 0 Å². The minimum absolute atomic E-state index is 0.273. The van der Waals surface area contributed by atoms with Gasteiger partial charge in [0.05, 0.1) is 18.6 Å². The lowest BCUT2D eigenvalue weighted by atomic mass is 10.1. The van der Waals surface area contributed by atoms with Gasteiger partial charge in [-0.05, 0) is 24.6 Å². The van der Waals surface area contributed by atoms with Crippen LogP contribution in [0.4, 0.5) is 10.5 Å². The lowest BCUT2D eigenvalue weighted by molar-refractivity contribution is -0.141. The van der Waals surface area contributed by atoms with Crippen molar-refractivity contribution in [3.63, 3.8) is 0 Å². The summed E-state index contributed by atoms with van der Waals surface area (Å²) in [6, 6.07) is 6.46. The molecular weight excluding hydrogens is 262 g/mol. The van der Waals surface area contributed by atoms with Crippen LogP contribution in [0.15, 0.2) is 24.3 Å². The van der Waals surface area contributed by atoms with Crippen LogP contribution in [0, 0.1) is 11.3 Å². The highest BCUT2D eigenvalue weighted by Crippen LogP contribution is 2.09. The molecule has 1 aromatic rings. The lowest BCUT2D eigenvalue weighted by Crippen LogP contribution is -2.49. The highest BCUT2D eigenvalue weighted by Gasteiger charge is 2.24. The Balaban J connectivity index is 2.62. The second kappa shape index (κ2) is 7.11. The topological polar surface area (TPSA) is 122 Å². The molecule has 1 rings (SSSR count). The maximum atomic E-state index is 11.6. The van der Waals surface area contributed by atoms with Crippen LogP contribution in [0.3, 0.4) is 0 Å². The summed E-state index contributed by atoms with van der Waals surface area (Å²) in [7, 11) is 0. The van der Waals surface area contributed by atoms with E-state index in [0.29, 0.717) is 5.69 Å². The molecule has 2 atom stereocenters. The number of aliphatic carboxylic acids is 1. The molecule has 2 amide bonds. The molecule has 0 saturated carbocycles. The van der Waals surface area contributed by atoms with E-state index in [1.54, 1.807) is 24.3 Å². The minimum Gasteiger partial charge on any atom is -0.480 e. The number of carbonyl (C=O) groups is 2. The van der Waals surface area contributed by atoms with E-state index in [-0.39, 0.29) is 6.42 Å². The SMILES string of the molecule is C[C@@H](O)[C@H](NC(=O)Nc1ccc(CC#N)cc1)C(=O)O. The van der Waals surface area contributed by atoms with Gasteiger partial charge < -0.3 is 20.8 Å². The molecule has 7 heteroatoms. The molecule has 0 saturated heterocycles. The van der Waals surface area contributed by atoms with Crippen molar-refractivity contribution in [2.24, 2.45) is 0 Å². The molecule has 0 aliphatic carbocycles. The monoisotopic (exact) mass is 277 g/mol. The van der Waals surface area contributed by atoms with Crippen molar-refractivity contribution in [3.8, 4) is 6.07 Å². The van der Waals surface area contributed by atoms with Crippen molar-refractivity contribution in [2.45, 2.75) is 25.5 Å². The van der Waals surface area contributed by atoms with E-state index < -0.39 is 24.1 Å². The van der Waals surface area contributed by atoms with E-state index >= 15 is 0 Å². The van der Waals surface area contributed by atoms with Crippen molar-refractivity contribution in [2.75, 3.05) is 5.32 Å². The largest absolute Gasteiger partial charge is 0.480 e. The van der Waals surface area contributed by atoms with Crippen LogP contribution in [0.1, 0.15) is 12.5 Å². The Kier molecular flexibility index (Phi) is 5.50. The van der Waals surface area contributed by atoms with Gasteiger partial charge in [-0.25, -0.2) is 9.59 Å². The fourth-order valence-corrected chi connectivity index (χ4v) is 1.49. The van der Waals surface area contributed by atoms with E-state index in [0.717, 1.165) is 5.56 Å². The summed E-state index contributed by atoms with van der Waals surface area (Å²) in [6.45, 7) is 1.27. The molecule has 0 unspecified atom stereocenters. The highest BCUT2D eigenvalue weighted by atomic mass is 16.4. The Hall–Kier alpha value is -2.59. The predicted molar refractivity (Wildman–Crippen MR) is 71.0 cm³/mol. The molecule has 106 valence electrons. The smallest absolute Gasteiger partial charge is 0.328 e. The number of carbonyl (C=O) groups excluding carboxylic acids is 1. The van der Waals surface area contributed by atoms with E-state index in [4.69, 9.17) is 10.4 Å². The van der Waals surface area contributed by atoms with E-state index in [9.17, 15) is 14.7 Å². The third-order valence-electron chi connectivity index (χ3n) is 2.53. The zero-order chi connectivity index (χ0) is 15.1. The van der Waals surface area contributed by atoms with E-state index in [1.165, 1.54) is 6.92 Å². The van der Waals surface area contributed by atoms with Crippen molar-refractivity contribution in [3.05, 3.63) is 29.8 Å². The third-order valence-corrected chi connectivity index (χ3v) is 2.53. The third kappa shape index (κ3) is 4.59. The van der Waals surface area contributed by atoms with Crippen LogP contribution >= 0.6 is 0 Å². The van der Waals surface area contributed by atoms with Gasteiger partial charge in [0.1, 0.15) is 0 Å². The maximum Gasteiger partial charge on any atom is 0.328 e. The predicted octanol–water partition coefficient (Wildman–Crippen LogP) is 0.708. The molecule has 0 aromatic heterocycles. The molecule has 0 heterocycles. The molecule has 7 nitrogen and oxygen atoms in total. The number of rotatable bonds is 5. The average molecular weight is 277 g/mol. The van der Waals surface area contributed by atoms with Crippen molar-refractivity contribution in [1.29, 1.82) is 5.26 Å². The molecular formula is C13H15N3O4. The first-order valence-electron chi connectivity index (χ1n) is 5.88. The molecule has 0 radical (unpaired) electrons. The Morgan fingerprint density at radius 2 is 1.95 bits per heavy atom. The number of nitrogens with zero attached hydrogens (tertiary/aromatic N) is 1. The number of aliphatic hydroxyl groups is 1. The number of anilines is 1. The van der Waals surface area contributed by atoms with Crippen LogP contribution < -0.4 is 10.6 Å². The van der Waals surface area contributed by atoms with Gasteiger partial charge >= 0.3 is 12.0 Å². The van der Waals surface area contributed by atoms with Crippen molar-refractivity contribution < 1.29 is 19.8 Å². The Morgan fingerprint density at radius 1 is 1.35 bits per heavy atom. The van der Waals surface area contributed by atoms with E-state index in [2.05, 4.69) is 10.6 Å². The second-order valence-corrected chi connectivity index (χ2v) is 4.19. The second-order valence-electron chi connectivity index (χ2n) is 4.19. The van der Waals surface area contributed by atoms with Crippen molar-refractivity contribution >= 4 is 17.7 Å². The number of amides is 2. The summed E-state index contributed by atoms with van der Waals surface area (Å²) in [5, 5.41) is 31.2. The van der Waals surface area contributed by atoms with Crippen LogP contribution in [0.2, 0.25) is 0 Å². The minimum atomic E-state index is -1.38. The maximum absolute atomic E-state index is 11.6. The first-order chi connectivity index (χ1) is 9.43. The summed E-state index contributed by atoms with van der Waals surface area (Å²) < 4.78 is 0. The summed E-state index contributed by atoms with van der Waals surface area (Å²) in [4.78, 5) is 22.4. The van der Waals surface area contributed by atoms with Gasteiger partial charge in [-0.15, -0.1) is 0 Å². The van der Waals surface area contributed by atoms with Gasteiger partial charge in [0.2, 0.25) is 0 Å². The number of nitriles is 1. The molecule has 0 fully saturated rings. The van der Waals surface area contributed by atoms with Crippen LogP contribution in [0.25, 0.3) is 0 Å². The number of urea groups is 1. The molecule has 20 heavy (non-hydrogen) atoms. The summed E-state index contributed by atoms with van der Waals surface area (Å²) >= 11 is 0. The molecule has 0 aliphatic heterocycles. The number of benzene rings is 1. The normalized spacial score (nSPS) is 12.8. The van der Waals surface area contributed by atoms with Gasteiger partial charge in [-0.2, -0.15) is 5.26 Å². The molecule has 0 aliphatic rings. The molecule has 1 aromatic carbocycles. The molecule has 4 N–H and O–H groups in total. The Labute approximate surface area is 115 Å². The van der Waals surface area contributed by atoms with E-state index in [1.807, 2.05) is 6.07 Å². The van der Waals surface area contributed by atoms with Gasteiger partial charge in [0, 0.05) is 5.69 Å². The van der Waals surface area contributed by atoms with Crippen molar-refractivity contribution in [1.82, 2.24) is 5.32 Å². The quantitative estimate of drug-likeness (QED) is 0.631. The number of nitrogens with one attached hydrogen (secondary N) is 2. The summed E-state index contributed by atoms with van der Waals surface area (Å²) in [5.41, 5.74) is 1.27.